The largest absolute Gasteiger partial charge is 2.00 e. The van der Waals surface area contributed by atoms with Gasteiger partial charge < -0.3 is 30.6 Å². The second kappa shape index (κ2) is 5.92. The number of hydrogen-bond donors (Lipinski definition) is 3. The fourth-order valence-corrected chi connectivity index (χ4v) is 0.809. The Morgan fingerprint density at radius 1 is 1.57 bits per heavy atom. The van der Waals surface area contributed by atoms with Crippen LogP contribution in [0.4, 0.5) is 0 Å². The molecular formula is C6H8O7Zn. The summed E-state index contributed by atoms with van der Waals surface area (Å²) in [7, 11) is 0. The van der Waals surface area contributed by atoms with Gasteiger partial charge >= 0.3 is 25.4 Å². The van der Waals surface area contributed by atoms with Crippen molar-refractivity contribution < 1.29 is 54.9 Å². The van der Waals surface area contributed by atoms with E-state index in [2.05, 4.69) is 4.74 Å². The minimum Gasteiger partial charge on any atom is -0.870 e. The summed E-state index contributed by atoms with van der Waals surface area (Å²) in [6, 6.07) is 0. The number of carbonyl (C=O) groups is 1. The Morgan fingerprint density at radius 3 is 2.36 bits per heavy atom. The van der Waals surface area contributed by atoms with E-state index in [-0.39, 0.29) is 25.0 Å². The topological polar surface area (TPSA) is 140 Å². The molecule has 0 bridgehead atoms. The molecule has 0 unspecified atom stereocenters. The predicted octanol–water partition coefficient (Wildman–Crippen LogP) is -2.78. The quantitative estimate of drug-likeness (QED) is 0.359. The van der Waals surface area contributed by atoms with Crippen LogP contribution in [0.1, 0.15) is 0 Å². The molecule has 1 rings (SSSR count). The number of aliphatic hydroxyl groups is 3. The minimum atomic E-state index is -1.48. The summed E-state index contributed by atoms with van der Waals surface area (Å²) in [5, 5.41) is 36.8. The van der Waals surface area contributed by atoms with E-state index in [1.165, 1.54) is 0 Å². The summed E-state index contributed by atoms with van der Waals surface area (Å²) in [5.74, 6) is -3.20. The molecule has 0 aromatic heterocycles. The van der Waals surface area contributed by atoms with Crippen LogP contribution in [0.2, 0.25) is 0 Å². The minimum absolute atomic E-state index is 0. The van der Waals surface area contributed by atoms with Crippen LogP contribution in [-0.2, 0) is 29.0 Å². The first-order valence-corrected chi connectivity index (χ1v) is 3.18. The molecule has 76 valence electrons. The summed E-state index contributed by atoms with van der Waals surface area (Å²) in [6.45, 7) is -0.711. The van der Waals surface area contributed by atoms with E-state index in [0.717, 1.165) is 0 Å². The molecule has 1 heterocycles. The van der Waals surface area contributed by atoms with Gasteiger partial charge in [0.25, 0.3) is 0 Å². The van der Waals surface area contributed by atoms with E-state index in [1.54, 1.807) is 0 Å². The molecule has 0 spiro atoms. The van der Waals surface area contributed by atoms with E-state index in [9.17, 15) is 9.90 Å². The van der Waals surface area contributed by atoms with Gasteiger partial charge in [0.2, 0.25) is 0 Å². The van der Waals surface area contributed by atoms with Crippen molar-refractivity contribution in [1.29, 1.82) is 0 Å². The number of ether oxygens (including phenoxy) is 1. The van der Waals surface area contributed by atoms with Crippen LogP contribution in [0.25, 0.3) is 0 Å². The zero-order chi connectivity index (χ0) is 9.30. The molecule has 0 aromatic rings. The van der Waals surface area contributed by atoms with Crippen LogP contribution in [0.3, 0.4) is 0 Å². The number of aliphatic hydroxyl groups excluding tert-OH is 3. The Bertz CT molecular complexity index is 238. The number of esters is 1. The van der Waals surface area contributed by atoms with E-state index < -0.39 is 36.3 Å². The SMILES string of the molecule is O=C1O[C@H]([C@@H](O)CO)C([O-])=C1O.[OH-].[Zn+2]. The van der Waals surface area contributed by atoms with Crippen molar-refractivity contribution >= 4 is 5.97 Å². The Hall–Kier alpha value is -0.687. The van der Waals surface area contributed by atoms with Crippen molar-refractivity contribution in [1.82, 2.24) is 0 Å². The second-order valence-corrected chi connectivity index (χ2v) is 2.29. The summed E-state index contributed by atoms with van der Waals surface area (Å²) in [5.41, 5.74) is 0. The standard InChI is InChI=1S/C6H8O6.H2O.Zn/c7-1-2(8)5-3(9)4(10)6(11)12-5;;/h2,5,7-10H,1H2;1H2;/q;;+2/p-2/t2-,5+;;/m0../s1. The summed E-state index contributed by atoms with van der Waals surface area (Å²) < 4.78 is 4.25. The molecule has 0 saturated carbocycles. The van der Waals surface area contributed by atoms with Crippen LogP contribution in [-0.4, -0.2) is 45.6 Å². The Labute approximate surface area is 91.7 Å². The Morgan fingerprint density at radius 2 is 2.07 bits per heavy atom. The molecule has 4 N–H and O–H groups in total. The number of cyclic esters (lactones) is 1. The van der Waals surface area contributed by atoms with Crippen molar-refractivity contribution in [2.24, 2.45) is 0 Å². The van der Waals surface area contributed by atoms with Gasteiger partial charge in [0, 0.05) is 0 Å². The first-order chi connectivity index (χ1) is 5.57. The monoisotopic (exact) mass is 256 g/mol. The molecule has 1 aliphatic rings. The predicted molar refractivity (Wildman–Crippen MR) is 34.6 cm³/mol. The zero-order valence-corrected chi connectivity index (χ0v) is 10.0. The number of rotatable bonds is 2. The molecule has 14 heavy (non-hydrogen) atoms. The van der Waals surface area contributed by atoms with Crippen LogP contribution in [0, 0.1) is 0 Å². The van der Waals surface area contributed by atoms with E-state index in [0.29, 0.717) is 0 Å². The van der Waals surface area contributed by atoms with Gasteiger partial charge in [-0.1, -0.05) is 0 Å². The molecule has 7 nitrogen and oxygen atoms in total. The summed E-state index contributed by atoms with van der Waals surface area (Å²) in [4.78, 5) is 10.5. The Balaban J connectivity index is 0. The fraction of sp³-hybridized carbons (Fsp3) is 0.500. The first kappa shape index (κ1) is 15.8. The zero-order valence-electron chi connectivity index (χ0n) is 7.08. The molecule has 8 heteroatoms. The van der Waals surface area contributed by atoms with Crippen LogP contribution < -0.4 is 5.11 Å². The van der Waals surface area contributed by atoms with Gasteiger partial charge in [0.1, 0.15) is 12.2 Å². The molecule has 0 amide bonds. The van der Waals surface area contributed by atoms with E-state index in [1.807, 2.05) is 0 Å². The van der Waals surface area contributed by atoms with Gasteiger partial charge in [-0.2, -0.15) is 0 Å². The van der Waals surface area contributed by atoms with E-state index >= 15 is 0 Å². The van der Waals surface area contributed by atoms with Gasteiger partial charge in [-0.05, 0) is 5.76 Å². The van der Waals surface area contributed by atoms with Crippen molar-refractivity contribution in [2.75, 3.05) is 6.61 Å². The third-order valence-electron chi connectivity index (χ3n) is 1.46. The Kier molecular flexibility index (Phi) is 6.67. The molecule has 2 atom stereocenters. The van der Waals surface area contributed by atoms with Crippen LogP contribution >= 0.6 is 0 Å². The molecule has 0 saturated heterocycles. The molecular weight excluding hydrogens is 249 g/mol. The summed E-state index contributed by atoms with van der Waals surface area (Å²) in [6.07, 6.45) is -2.95. The summed E-state index contributed by atoms with van der Waals surface area (Å²) >= 11 is 0. The second-order valence-electron chi connectivity index (χ2n) is 2.29. The molecule has 0 aliphatic carbocycles. The first-order valence-electron chi connectivity index (χ1n) is 3.18. The van der Waals surface area contributed by atoms with Crippen molar-refractivity contribution in [3.8, 4) is 0 Å². The third kappa shape index (κ3) is 2.65. The van der Waals surface area contributed by atoms with Gasteiger partial charge in [-0.25, -0.2) is 4.79 Å². The normalized spacial score (nSPS) is 22.1. The van der Waals surface area contributed by atoms with Gasteiger partial charge in [-0.15, -0.1) is 0 Å². The smallest absolute Gasteiger partial charge is 0.870 e. The van der Waals surface area contributed by atoms with Crippen LogP contribution in [0.5, 0.6) is 0 Å². The molecule has 1 aliphatic heterocycles. The average molecular weight is 258 g/mol. The molecule has 0 fully saturated rings. The average Bonchev–Trinajstić information content (AvgIpc) is 2.32. The van der Waals surface area contributed by atoms with Crippen molar-refractivity contribution in [3.63, 3.8) is 0 Å². The van der Waals surface area contributed by atoms with E-state index in [4.69, 9.17) is 15.3 Å². The van der Waals surface area contributed by atoms with Gasteiger partial charge in [-0.3, -0.25) is 0 Å². The molecule has 0 radical (unpaired) electrons. The maximum atomic E-state index is 10.8. The van der Waals surface area contributed by atoms with Gasteiger partial charge in [0.15, 0.2) is 5.76 Å². The van der Waals surface area contributed by atoms with Crippen molar-refractivity contribution in [3.05, 3.63) is 11.5 Å². The van der Waals surface area contributed by atoms with Crippen LogP contribution in [0.15, 0.2) is 11.5 Å². The maximum Gasteiger partial charge on any atom is 2.00 e. The van der Waals surface area contributed by atoms with Crippen molar-refractivity contribution in [2.45, 2.75) is 12.2 Å². The molecule has 0 aromatic carbocycles. The fourth-order valence-electron chi connectivity index (χ4n) is 0.809. The maximum absolute atomic E-state index is 10.8. The third-order valence-corrected chi connectivity index (χ3v) is 1.46. The number of carbonyl (C=O) groups excluding carboxylic acids is 1. The van der Waals surface area contributed by atoms with Gasteiger partial charge in [0.05, 0.1) is 6.61 Å². The number of hydrogen-bond acceptors (Lipinski definition) is 7.